The van der Waals surface area contributed by atoms with Crippen LogP contribution >= 0.6 is 11.6 Å². The minimum Gasteiger partial charge on any atom is -0.274 e. The number of rotatable bonds is 1. The molecule has 1 saturated heterocycles. The lowest BCUT2D eigenvalue weighted by Crippen LogP contribution is -2.34. The van der Waals surface area contributed by atoms with Gasteiger partial charge < -0.3 is 0 Å². The summed E-state index contributed by atoms with van der Waals surface area (Å²) in [4.78, 5) is 27.0. The normalized spacial score (nSPS) is 37.7. The van der Waals surface area contributed by atoms with Crippen LogP contribution in [-0.2, 0) is 9.59 Å². The van der Waals surface area contributed by atoms with E-state index in [1.165, 1.54) is 17.7 Å². The van der Waals surface area contributed by atoms with Crippen molar-refractivity contribution in [1.29, 1.82) is 0 Å². The number of amides is 2. The molecule has 1 heterocycles. The summed E-state index contributed by atoms with van der Waals surface area (Å²) >= 11 is 5.89. The number of nitrogens with zero attached hydrogens (tertiary/aromatic N) is 1. The SMILES string of the molecule is O=C1[C@@H]2[C@H](C(=O)N1c1ccc(Cl)cc1)[C@H]1C=C[C@@H]2C12CC2. The van der Waals surface area contributed by atoms with Crippen molar-refractivity contribution < 1.29 is 9.59 Å². The van der Waals surface area contributed by atoms with E-state index >= 15 is 0 Å². The highest BCUT2D eigenvalue weighted by atomic mass is 35.5. The molecule has 4 atom stereocenters. The zero-order valence-corrected chi connectivity index (χ0v) is 12.1. The first-order valence-electron chi connectivity index (χ1n) is 7.45. The van der Waals surface area contributed by atoms with Gasteiger partial charge in [-0.3, -0.25) is 14.5 Å². The van der Waals surface area contributed by atoms with Crippen LogP contribution in [0.2, 0.25) is 5.02 Å². The predicted molar refractivity (Wildman–Crippen MR) is 78.7 cm³/mol. The lowest BCUT2D eigenvalue weighted by atomic mass is 9.85. The molecule has 1 spiro atoms. The summed E-state index contributed by atoms with van der Waals surface area (Å²) in [5, 5.41) is 0.608. The number of allylic oxidation sites excluding steroid dienone is 2. The second-order valence-corrected chi connectivity index (χ2v) is 7.15. The number of carbonyl (C=O) groups excluding carboxylic acids is 2. The Kier molecular flexibility index (Phi) is 2.05. The zero-order chi connectivity index (χ0) is 14.4. The highest BCUT2D eigenvalue weighted by Gasteiger charge is 2.73. The van der Waals surface area contributed by atoms with Crippen LogP contribution in [0.3, 0.4) is 0 Å². The van der Waals surface area contributed by atoms with E-state index in [1.807, 2.05) is 0 Å². The third kappa shape index (κ3) is 1.27. The third-order valence-corrected chi connectivity index (χ3v) is 6.19. The van der Waals surface area contributed by atoms with E-state index in [-0.39, 0.29) is 40.9 Å². The molecule has 0 radical (unpaired) electrons. The van der Waals surface area contributed by atoms with Gasteiger partial charge in [-0.1, -0.05) is 23.8 Å². The molecule has 1 aliphatic heterocycles. The summed E-state index contributed by atoms with van der Waals surface area (Å²) in [6.07, 6.45) is 6.72. The van der Waals surface area contributed by atoms with Gasteiger partial charge in [0.25, 0.3) is 0 Å². The third-order valence-electron chi connectivity index (χ3n) is 5.94. The van der Waals surface area contributed by atoms with Crippen LogP contribution in [-0.4, -0.2) is 11.8 Å². The molecule has 3 nitrogen and oxygen atoms in total. The number of anilines is 1. The Morgan fingerprint density at radius 1 is 0.952 bits per heavy atom. The average molecular weight is 300 g/mol. The van der Waals surface area contributed by atoms with Gasteiger partial charge in [0, 0.05) is 5.02 Å². The molecule has 2 amide bonds. The molecule has 0 aromatic heterocycles. The second-order valence-electron chi connectivity index (χ2n) is 6.71. The van der Waals surface area contributed by atoms with Crippen molar-refractivity contribution >= 4 is 29.1 Å². The van der Waals surface area contributed by atoms with E-state index in [2.05, 4.69) is 12.2 Å². The van der Waals surface area contributed by atoms with E-state index in [4.69, 9.17) is 11.6 Å². The van der Waals surface area contributed by atoms with E-state index in [9.17, 15) is 9.59 Å². The molecule has 0 N–H and O–H groups in total. The first-order valence-corrected chi connectivity index (χ1v) is 7.83. The molecule has 1 aromatic carbocycles. The minimum atomic E-state index is -0.134. The number of halogens is 1. The molecule has 4 aliphatic rings. The Bertz CT molecular complexity index is 670. The maximum Gasteiger partial charge on any atom is 0.238 e. The Balaban J connectivity index is 1.57. The van der Waals surface area contributed by atoms with E-state index in [0.717, 1.165) is 0 Å². The maximum atomic E-state index is 12.8. The molecule has 4 heteroatoms. The summed E-state index contributed by atoms with van der Waals surface area (Å²) in [5.41, 5.74) is 0.903. The van der Waals surface area contributed by atoms with Gasteiger partial charge >= 0.3 is 0 Å². The lowest BCUT2D eigenvalue weighted by Gasteiger charge is -2.21. The molecule has 2 bridgehead atoms. The van der Waals surface area contributed by atoms with Crippen molar-refractivity contribution in [1.82, 2.24) is 0 Å². The van der Waals surface area contributed by atoms with E-state index in [1.54, 1.807) is 24.3 Å². The van der Waals surface area contributed by atoms with Crippen LogP contribution in [0.25, 0.3) is 0 Å². The lowest BCUT2D eigenvalue weighted by molar-refractivity contribution is -0.123. The molecular weight excluding hydrogens is 286 g/mol. The van der Waals surface area contributed by atoms with Gasteiger partial charge in [0.05, 0.1) is 17.5 Å². The van der Waals surface area contributed by atoms with Gasteiger partial charge in [-0.2, -0.15) is 0 Å². The number of hydrogen-bond donors (Lipinski definition) is 0. The molecule has 0 unspecified atom stereocenters. The minimum absolute atomic E-state index is 0.0181. The number of carbonyl (C=O) groups is 2. The fourth-order valence-electron chi connectivity index (χ4n) is 4.92. The van der Waals surface area contributed by atoms with Crippen LogP contribution in [0.5, 0.6) is 0 Å². The zero-order valence-electron chi connectivity index (χ0n) is 11.3. The first kappa shape index (κ1) is 12.0. The molecule has 5 rings (SSSR count). The summed E-state index contributed by atoms with van der Waals surface area (Å²) in [6.45, 7) is 0. The number of fused-ring (bicyclic) bond motifs is 3. The predicted octanol–water partition coefficient (Wildman–Crippen LogP) is 3.04. The molecule has 1 aromatic rings. The highest BCUT2D eigenvalue weighted by Crippen LogP contribution is 2.73. The Morgan fingerprint density at radius 3 is 1.95 bits per heavy atom. The summed E-state index contributed by atoms with van der Waals surface area (Å²) in [7, 11) is 0. The Labute approximate surface area is 127 Å². The van der Waals surface area contributed by atoms with Crippen molar-refractivity contribution in [2.24, 2.45) is 29.1 Å². The van der Waals surface area contributed by atoms with E-state index < -0.39 is 0 Å². The summed E-state index contributed by atoms with van der Waals surface area (Å²) in [6, 6.07) is 6.95. The smallest absolute Gasteiger partial charge is 0.238 e. The van der Waals surface area contributed by atoms with Gasteiger partial charge in [-0.25, -0.2) is 0 Å². The van der Waals surface area contributed by atoms with Crippen LogP contribution in [0.4, 0.5) is 5.69 Å². The van der Waals surface area contributed by atoms with Crippen molar-refractivity contribution in [3.63, 3.8) is 0 Å². The fraction of sp³-hybridized carbons (Fsp3) is 0.412. The molecule has 2 saturated carbocycles. The molecule has 3 aliphatic carbocycles. The van der Waals surface area contributed by atoms with Crippen LogP contribution in [0.15, 0.2) is 36.4 Å². The van der Waals surface area contributed by atoms with Crippen molar-refractivity contribution in [3.8, 4) is 0 Å². The highest BCUT2D eigenvalue weighted by molar-refractivity contribution is 6.30. The van der Waals surface area contributed by atoms with Gasteiger partial charge in [0.1, 0.15) is 0 Å². The Hall–Kier alpha value is -1.61. The van der Waals surface area contributed by atoms with Crippen LogP contribution in [0, 0.1) is 29.1 Å². The number of imide groups is 1. The largest absolute Gasteiger partial charge is 0.274 e. The molecule has 3 fully saturated rings. The van der Waals surface area contributed by atoms with Gasteiger partial charge in [0.15, 0.2) is 0 Å². The molecular formula is C17H14ClNO2. The topological polar surface area (TPSA) is 37.4 Å². The summed E-state index contributed by atoms with van der Waals surface area (Å²) in [5.74, 6) is 0.254. The van der Waals surface area contributed by atoms with E-state index in [0.29, 0.717) is 10.7 Å². The molecule has 21 heavy (non-hydrogen) atoms. The second kappa shape index (κ2) is 3.58. The number of benzene rings is 1. The summed E-state index contributed by atoms with van der Waals surface area (Å²) < 4.78 is 0. The maximum absolute atomic E-state index is 12.8. The number of hydrogen-bond acceptors (Lipinski definition) is 2. The monoisotopic (exact) mass is 299 g/mol. The van der Waals surface area contributed by atoms with Gasteiger partial charge in [0.2, 0.25) is 11.8 Å². The van der Waals surface area contributed by atoms with Gasteiger partial charge in [-0.15, -0.1) is 0 Å². The van der Waals surface area contributed by atoms with Crippen molar-refractivity contribution in [2.45, 2.75) is 12.8 Å². The van der Waals surface area contributed by atoms with Crippen molar-refractivity contribution in [3.05, 3.63) is 41.4 Å². The quantitative estimate of drug-likeness (QED) is 0.590. The Morgan fingerprint density at radius 2 is 1.48 bits per heavy atom. The average Bonchev–Trinajstić information content (AvgIpc) is 3.07. The van der Waals surface area contributed by atoms with Gasteiger partial charge in [-0.05, 0) is 54.4 Å². The van der Waals surface area contributed by atoms with Crippen LogP contribution < -0.4 is 4.90 Å². The van der Waals surface area contributed by atoms with Crippen molar-refractivity contribution in [2.75, 3.05) is 4.90 Å². The fourth-order valence-corrected chi connectivity index (χ4v) is 5.05. The first-order chi connectivity index (χ1) is 10.1. The standard InChI is InChI=1S/C17H14ClNO2/c18-9-1-3-10(4-2-9)19-15(20)13-11-5-6-12(14(13)16(19)21)17(11)7-8-17/h1-6,11-14H,7-8H2/t11-,12+,13-,14+. The molecule has 106 valence electrons. The van der Waals surface area contributed by atoms with Crippen LogP contribution in [0.1, 0.15) is 12.8 Å².